The van der Waals surface area contributed by atoms with Gasteiger partial charge in [0.05, 0.1) is 17.2 Å². The fraction of sp³-hybridized carbons (Fsp3) is 0.543. The topological polar surface area (TPSA) is 55.4 Å². The van der Waals surface area contributed by atoms with Crippen LogP contribution in [0.4, 0.5) is 4.39 Å². The van der Waals surface area contributed by atoms with Crippen LogP contribution in [0.3, 0.4) is 0 Å². The molecule has 0 aromatic heterocycles. The van der Waals surface area contributed by atoms with E-state index in [1.807, 2.05) is 31.2 Å². The zero-order valence-corrected chi connectivity index (χ0v) is 26.5. The minimum absolute atomic E-state index is 0.00723. The van der Waals surface area contributed by atoms with E-state index in [4.69, 9.17) is 16.3 Å². The lowest BCUT2D eigenvalue weighted by Crippen LogP contribution is -2.46. The van der Waals surface area contributed by atoms with Gasteiger partial charge in [0.25, 0.3) is 0 Å². The maximum absolute atomic E-state index is 14.0. The van der Waals surface area contributed by atoms with Crippen molar-refractivity contribution in [3.05, 3.63) is 75.1 Å². The normalized spacial score (nSPS) is 19.9. The second kappa shape index (κ2) is 14.6. The number of aryl methyl sites for hydroxylation is 1. The van der Waals surface area contributed by atoms with E-state index in [2.05, 4.69) is 39.9 Å². The van der Waals surface area contributed by atoms with Crippen LogP contribution < -0.4 is 5.32 Å². The third kappa shape index (κ3) is 8.08. The number of carbonyl (C=O) groups excluding carboxylic acids is 2. The predicted octanol–water partition coefficient (Wildman–Crippen LogP) is 8.78. The number of halogens is 2. The third-order valence-electron chi connectivity index (χ3n) is 8.56. The summed E-state index contributed by atoms with van der Waals surface area (Å²) in [6.45, 7) is 15.3. The number of hydrogen-bond acceptors (Lipinski definition) is 3. The van der Waals surface area contributed by atoms with E-state index >= 15 is 0 Å². The molecule has 2 atom stereocenters. The lowest BCUT2D eigenvalue weighted by atomic mass is 9.72. The van der Waals surface area contributed by atoms with Gasteiger partial charge in [-0.15, -0.1) is 0 Å². The van der Waals surface area contributed by atoms with Crippen molar-refractivity contribution in [2.24, 2.45) is 17.8 Å². The highest BCUT2D eigenvalue weighted by atomic mass is 35.5. The molecule has 0 radical (unpaired) electrons. The van der Waals surface area contributed by atoms with E-state index in [1.54, 1.807) is 19.1 Å². The van der Waals surface area contributed by atoms with E-state index < -0.39 is 11.4 Å². The number of Topliss-reactive ketones (excluding diaryl/α,β-unsaturated/α-hetero) is 1. The quantitative estimate of drug-likeness (QED) is 0.300. The minimum Gasteiger partial charge on any atom is -0.379 e. The van der Waals surface area contributed by atoms with Crippen LogP contribution in [0.1, 0.15) is 102 Å². The molecule has 1 amide bonds. The fourth-order valence-electron chi connectivity index (χ4n) is 5.24. The van der Waals surface area contributed by atoms with Gasteiger partial charge in [-0.2, -0.15) is 0 Å². The summed E-state index contributed by atoms with van der Waals surface area (Å²) in [5.74, 6) is 0.758. The molecule has 4 rings (SSSR count). The fourth-order valence-corrected chi connectivity index (χ4v) is 5.50. The number of benzene rings is 2. The lowest BCUT2D eigenvalue weighted by molar-refractivity contribution is -0.127. The van der Waals surface area contributed by atoms with Crippen molar-refractivity contribution in [2.75, 3.05) is 13.2 Å². The Kier molecular flexibility index (Phi) is 11.8. The van der Waals surface area contributed by atoms with Crippen LogP contribution in [0.25, 0.3) is 6.08 Å². The van der Waals surface area contributed by atoms with Crippen molar-refractivity contribution >= 4 is 29.4 Å². The van der Waals surface area contributed by atoms with Crippen LogP contribution in [0.15, 0.2) is 42.0 Å². The Balaban J connectivity index is 0.000000850. The van der Waals surface area contributed by atoms with E-state index in [0.717, 1.165) is 41.9 Å². The number of ether oxygens (including phenoxy) is 1. The van der Waals surface area contributed by atoms with Gasteiger partial charge in [-0.25, -0.2) is 4.39 Å². The first-order chi connectivity index (χ1) is 19.4. The molecule has 1 saturated heterocycles. The first-order valence-electron chi connectivity index (χ1n) is 15.1. The van der Waals surface area contributed by atoms with Crippen LogP contribution in [-0.4, -0.2) is 24.9 Å². The highest BCUT2D eigenvalue weighted by Gasteiger charge is 2.39. The molecular weight excluding hydrogens is 537 g/mol. The molecule has 1 N–H and O–H groups in total. The molecule has 224 valence electrons. The second-order valence-electron chi connectivity index (χ2n) is 12.4. The summed E-state index contributed by atoms with van der Waals surface area (Å²) in [4.78, 5) is 26.3. The van der Waals surface area contributed by atoms with Gasteiger partial charge in [-0.1, -0.05) is 89.4 Å². The van der Waals surface area contributed by atoms with Gasteiger partial charge in [0, 0.05) is 30.4 Å². The summed E-state index contributed by atoms with van der Waals surface area (Å²) in [5, 5.41) is 3.18. The van der Waals surface area contributed by atoms with Crippen LogP contribution in [0.5, 0.6) is 0 Å². The zero-order chi connectivity index (χ0) is 30.3. The number of ketones is 1. The summed E-state index contributed by atoms with van der Waals surface area (Å²) in [5.41, 5.74) is 3.03. The molecule has 4 nitrogen and oxygen atoms in total. The summed E-state index contributed by atoms with van der Waals surface area (Å²) in [7, 11) is 0. The number of rotatable bonds is 9. The molecule has 2 aliphatic rings. The minimum atomic E-state index is -0.670. The van der Waals surface area contributed by atoms with E-state index in [-0.39, 0.29) is 28.7 Å². The van der Waals surface area contributed by atoms with E-state index in [0.29, 0.717) is 36.6 Å². The van der Waals surface area contributed by atoms with Crippen molar-refractivity contribution in [2.45, 2.75) is 92.0 Å². The molecule has 1 aliphatic carbocycles. The van der Waals surface area contributed by atoms with Crippen LogP contribution in [0, 0.1) is 30.5 Å². The molecular formula is C35H47ClFNO3. The first kappa shape index (κ1) is 33.0. The van der Waals surface area contributed by atoms with Gasteiger partial charge in [-0.3, -0.25) is 9.59 Å². The van der Waals surface area contributed by atoms with Gasteiger partial charge in [0.1, 0.15) is 11.6 Å². The van der Waals surface area contributed by atoms with Gasteiger partial charge < -0.3 is 10.1 Å². The molecule has 2 aromatic carbocycles. The van der Waals surface area contributed by atoms with Crippen molar-refractivity contribution in [1.82, 2.24) is 5.32 Å². The smallest absolute Gasteiger partial charge is 0.247 e. The highest BCUT2D eigenvalue weighted by molar-refractivity contribution is 6.32. The largest absolute Gasteiger partial charge is 0.379 e. The summed E-state index contributed by atoms with van der Waals surface area (Å²) >= 11 is 6.16. The maximum atomic E-state index is 14.0. The van der Waals surface area contributed by atoms with Gasteiger partial charge in [0.15, 0.2) is 0 Å². The SMILES string of the molecule is C/C(=C\c1c(C)ccc(F)c1Cl)C(=O)NC1(c2ccc(C(C(=O)C3CCC3)C(C)C)cc2)CCOC1.CCC(C)C. The Hall–Kier alpha value is -2.50. The Morgan fingerprint density at radius 1 is 1.12 bits per heavy atom. The molecule has 1 aliphatic heterocycles. The molecule has 2 unspecified atom stereocenters. The Bertz CT molecular complexity index is 1220. The maximum Gasteiger partial charge on any atom is 0.247 e. The molecule has 6 heteroatoms. The van der Waals surface area contributed by atoms with Crippen molar-refractivity contribution in [3.63, 3.8) is 0 Å². The Morgan fingerprint density at radius 2 is 1.76 bits per heavy atom. The molecule has 2 aromatic rings. The highest BCUT2D eigenvalue weighted by Crippen LogP contribution is 2.38. The monoisotopic (exact) mass is 583 g/mol. The van der Waals surface area contributed by atoms with Crippen molar-refractivity contribution < 1.29 is 18.7 Å². The average Bonchev–Trinajstić information content (AvgIpc) is 3.37. The average molecular weight is 584 g/mol. The molecule has 41 heavy (non-hydrogen) atoms. The Morgan fingerprint density at radius 3 is 2.24 bits per heavy atom. The predicted molar refractivity (Wildman–Crippen MR) is 167 cm³/mol. The number of amides is 1. The molecule has 2 fully saturated rings. The van der Waals surface area contributed by atoms with Crippen molar-refractivity contribution in [3.8, 4) is 0 Å². The molecule has 1 heterocycles. The Labute approximate surface area is 251 Å². The molecule has 0 bridgehead atoms. The first-order valence-corrected chi connectivity index (χ1v) is 15.4. The third-order valence-corrected chi connectivity index (χ3v) is 8.95. The standard InChI is InChI=1S/C30H35ClFNO3.C5H12/c1-18(2)26(28(34)22-6-5-7-22)21-9-11-23(12-10-21)30(14-15-36-17-30)33-29(35)20(4)16-24-19(3)8-13-25(32)27(24)31;1-4-5(2)3/h8-13,16,18,22,26H,5-7,14-15,17H2,1-4H3,(H,33,35);5H,4H2,1-3H3/b20-16+;. The second-order valence-corrected chi connectivity index (χ2v) is 12.8. The number of nitrogens with one attached hydrogen (secondary N) is 1. The van der Waals surface area contributed by atoms with E-state index in [9.17, 15) is 14.0 Å². The van der Waals surface area contributed by atoms with Gasteiger partial charge >= 0.3 is 0 Å². The molecule has 1 saturated carbocycles. The van der Waals surface area contributed by atoms with Crippen LogP contribution >= 0.6 is 11.6 Å². The van der Waals surface area contributed by atoms with E-state index in [1.165, 1.54) is 12.5 Å². The summed E-state index contributed by atoms with van der Waals surface area (Å²) in [6.07, 6.45) is 6.71. The lowest BCUT2D eigenvalue weighted by Gasteiger charge is -2.32. The van der Waals surface area contributed by atoms with Crippen LogP contribution in [-0.2, 0) is 19.9 Å². The number of carbonyl (C=O) groups is 2. The summed E-state index contributed by atoms with van der Waals surface area (Å²) < 4.78 is 19.7. The number of hydrogen-bond donors (Lipinski definition) is 1. The van der Waals surface area contributed by atoms with Crippen LogP contribution in [0.2, 0.25) is 5.02 Å². The molecule has 0 spiro atoms. The zero-order valence-electron chi connectivity index (χ0n) is 25.8. The van der Waals surface area contributed by atoms with Crippen molar-refractivity contribution in [1.29, 1.82) is 0 Å². The van der Waals surface area contributed by atoms with Gasteiger partial charge in [-0.05, 0) is 72.9 Å². The van der Waals surface area contributed by atoms with Gasteiger partial charge in [0.2, 0.25) is 5.91 Å². The summed E-state index contributed by atoms with van der Waals surface area (Å²) in [6, 6.07) is 11.1.